The molecule has 7 heteroatoms. The van der Waals surface area contributed by atoms with Crippen molar-refractivity contribution in [3.63, 3.8) is 0 Å². The monoisotopic (exact) mass is 375 g/mol. The minimum atomic E-state index is -0.559. The van der Waals surface area contributed by atoms with E-state index >= 15 is 0 Å². The maximum absolute atomic E-state index is 12.6. The predicted octanol–water partition coefficient (Wildman–Crippen LogP) is 3.29. The Bertz CT molecular complexity index is 737. The second-order valence-electron chi connectivity index (χ2n) is 9.19. The first-order valence-electron chi connectivity index (χ1n) is 9.41. The first-order chi connectivity index (χ1) is 12.3. The first kappa shape index (κ1) is 20.0. The average molecular weight is 375 g/mol. The highest BCUT2D eigenvalue weighted by molar-refractivity contribution is 6.63. The molecule has 6 nitrogen and oxygen atoms in total. The zero-order chi connectivity index (χ0) is 20.2. The van der Waals surface area contributed by atoms with Gasteiger partial charge < -0.3 is 18.8 Å². The van der Waals surface area contributed by atoms with Crippen LogP contribution in [0.5, 0.6) is 5.75 Å². The van der Waals surface area contributed by atoms with Crippen LogP contribution in [0.25, 0.3) is 0 Å². The molecule has 0 spiro atoms. The van der Waals surface area contributed by atoms with Crippen LogP contribution < -0.4 is 15.1 Å². The predicted molar refractivity (Wildman–Crippen MR) is 106 cm³/mol. The van der Waals surface area contributed by atoms with Crippen LogP contribution in [0.1, 0.15) is 54.0 Å². The number of carbonyl (C=O) groups excluding carboxylic acids is 1. The Balaban J connectivity index is 1.96. The molecule has 2 heterocycles. The normalized spacial score (nSPS) is 20.6. The van der Waals surface area contributed by atoms with Gasteiger partial charge in [-0.05, 0) is 72.6 Å². The fourth-order valence-corrected chi connectivity index (χ4v) is 3.27. The summed E-state index contributed by atoms with van der Waals surface area (Å²) >= 11 is 0. The van der Waals surface area contributed by atoms with E-state index in [2.05, 4.69) is 0 Å². The van der Waals surface area contributed by atoms with Crippen molar-refractivity contribution in [1.29, 1.82) is 0 Å². The van der Waals surface area contributed by atoms with E-state index in [1.54, 1.807) is 12.0 Å². The zero-order valence-corrected chi connectivity index (χ0v) is 17.6. The van der Waals surface area contributed by atoms with E-state index in [9.17, 15) is 4.79 Å². The number of methoxy groups -OCH3 is 1. The third-order valence-corrected chi connectivity index (χ3v) is 5.45. The third kappa shape index (κ3) is 3.67. The van der Waals surface area contributed by atoms with Gasteiger partial charge in [-0.25, -0.2) is 4.79 Å². The van der Waals surface area contributed by atoms with Gasteiger partial charge in [-0.2, -0.15) is 0 Å². The van der Waals surface area contributed by atoms with Crippen molar-refractivity contribution in [3.05, 3.63) is 17.7 Å². The van der Waals surface area contributed by atoms with Crippen molar-refractivity contribution >= 4 is 24.4 Å². The second-order valence-corrected chi connectivity index (χ2v) is 9.19. The lowest BCUT2D eigenvalue weighted by atomic mass is 9.77. The summed E-state index contributed by atoms with van der Waals surface area (Å²) in [5.74, 6) is 0.707. The van der Waals surface area contributed by atoms with Gasteiger partial charge in [-0.3, -0.25) is 4.90 Å². The van der Waals surface area contributed by atoms with Crippen molar-refractivity contribution in [3.8, 4) is 5.75 Å². The van der Waals surface area contributed by atoms with E-state index in [0.717, 1.165) is 23.1 Å². The van der Waals surface area contributed by atoms with E-state index < -0.39 is 23.9 Å². The molecular formula is C20H30BNO5. The standard InChI is InChI=1S/C20H30BNO5/c1-18(2,3)25-17(23)22-10-9-13-11-16(24-8)14(12-15(13)22)21-26-19(4,5)20(6,7)27-21/h11-12H,9-10H2,1-8H3. The summed E-state index contributed by atoms with van der Waals surface area (Å²) in [5.41, 5.74) is 1.22. The van der Waals surface area contributed by atoms with Gasteiger partial charge in [0.1, 0.15) is 11.4 Å². The molecule has 0 saturated carbocycles. The molecule has 148 valence electrons. The number of fused-ring (bicyclic) bond motifs is 1. The quantitative estimate of drug-likeness (QED) is 0.743. The Hall–Kier alpha value is -1.73. The molecule has 2 aliphatic rings. The van der Waals surface area contributed by atoms with Crippen LogP contribution in [-0.2, 0) is 20.5 Å². The topological polar surface area (TPSA) is 57.2 Å². The molecule has 1 aromatic rings. The number of rotatable bonds is 2. The van der Waals surface area contributed by atoms with Crippen LogP contribution in [-0.4, -0.2) is 43.7 Å². The van der Waals surface area contributed by atoms with Crippen molar-refractivity contribution in [1.82, 2.24) is 0 Å². The Kier molecular flexibility index (Phi) is 4.76. The molecule has 0 N–H and O–H groups in total. The molecule has 1 fully saturated rings. The Morgan fingerprint density at radius 3 is 2.26 bits per heavy atom. The minimum Gasteiger partial charge on any atom is -0.497 e. The number of carbonyl (C=O) groups is 1. The van der Waals surface area contributed by atoms with Crippen molar-refractivity contribution in [2.24, 2.45) is 0 Å². The molecule has 3 rings (SSSR count). The highest BCUT2D eigenvalue weighted by atomic mass is 16.7. The SMILES string of the molecule is COc1cc2c(cc1B1OC(C)(C)C(C)(C)O1)N(C(=O)OC(C)(C)C)CC2. The maximum atomic E-state index is 12.6. The van der Waals surface area contributed by atoms with Crippen LogP contribution in [0.2, 0.25) is 0 Å². The van der Waals surface area contributed by atoms with E-state index in [1.165, 1.54) is 0 Å². The van der Waals surface area contributed by atoms with Gasteiger partial charge in [0, 0.05) is 12.0 Å². The fourth-order valence-electron chi connectivity index (χ4n) is 3.27. The van der Waals surface area contributed by atoms with E-state index in [-0.39, 0.29) is 6.09 Å². The smallest absolute Gasteiger partial charge is 0.497 e. The summed E-state index contributed by atoms with van der Waals surface area (Å²) in [7, 11) is 1.08. The Morgan fingerprint density at radius 2 is 1.74 bits per heavy atom. The lowest BCUT2D eigenvalue weighted by Crippen LogP contribution is -2.41. The van der Waals surface area contributed by atoms with Crippen molar-refractivity contribution in [2.75, 3.05) is 18.6 Å². The lowest BCUT2D eigenvalue weighted by molar-refractivity contribution is 0.00578. The Morgan fingerprint density at radius 1 is 1.15 bits per heavy atom. The zero-order valence-electron chi connectivity index (χ0n) is 17.6. The van der Waals surface area contributed by atoms with Crippen LogP contribution in [0.4, 0.5) is 10.5 Å². The molecule has 0 aromatic heterocycles. The number of nitrogens with zero attached hydrogens (tertiary/aromatic N) is 1. The van der Waals surface area contributed by atoms with Crippen molar-refractivity contribution < 1.29 is 23.6 Å². The molecule has 2 aliphatic heterocycles. The molecule has 0 radical (unpaired) electrons. The number of anilines is 1. The third-order valence-electron chi connectivity index (χ3n) is 5.45. The minimum absolute atomic E-state index is 0.341. The van der Waals surface area contributed by atoms with Gasteiger partial charge in [0.25, 0.3) is 0 Å². The summed E-state index contributed by atoms with van der Waals surface area (Å²) < 4.78 is 23.5. The van der Waals surface area contributed by atoms with E-state index in [1.807, 2.05) is 60.6 Å². The van der Waals surface area contributed by atoms with Crippen LogP contribution in [0.15, 0.2) is 12.1 Å². The molecule has 1 saturated heterocycles. The number of amides is 1. The molecule has 27 heavy (non-hydrogen) atoms. The summed E-state index contributed by atoms with van der Waals surface area (Å²) in [5, 5.41) is 0. The van der Waals surface area contributed by atoms with Crippen LogP contribution >= 0.6 is 0 Å². The van der Waals surface area contributed by atoms with Crippen molar-refractivity contribution in [2.45, 2.75) is 71.7 Å². The molecular weight excluding hydrogens is 345 g/mol. The largest absolute Gasteiger partial charge is 0.498 e. The molecule has 1 aromatic carbocycles. The number of ether oxygens (including phenoxy) is 2. The number of hydrogen-bond acceptors (Lipinski definition) is 5. The van der Waals surface area contributed by atoms with Crippen LogP contribution in [0.3, 0.4) is 0 Å². The molecule has 1 amide bonds. The van der Waals surface area contributed by atoms with Gasteiger partial charge in [0.05, 0.1) is 24.0 Å². The maximum Gasteiger partial charge on any atom is 0.498 e. The van der Waals surface area contributed by atoms with E-state index in [4.69, 9.17) is 18.8 Å². The summed E-state index contributed by atoms with van der Waals surface area (Å²) in [6.07, 6.45) is 0.417. The second kappa shape index (κ2) is 6.42. The molecule has 0 unspecified atom stereocenters. The van der Waals surface area contributed by atoms with Crippen LogP contribution in [0, 0.1) is 0 Å². The molecule has 0 bridgehead atoms. The highest BCUT2D eigenvalue weighted by Gasteiger charge is 2.52. The van der Waals surface area contributed by atoms with Gasteiger partial charge >= 0.3 is 13.2 Å². The molecule has 0 aliphatic carbocycles. The molecule has 0 atom stereocenters. The van der Waals surface area contributed by atoms with Gasteiger partial charge in [0.2, 0.25) is 0 Å². The van der Waals surface area contributed by atoms with Gasteiger partial charge in [-0.1, -0.05) is 0 Å². The number of hydrogen-bond donors (Lipinski definition) is 0. The lowest BCUT2D eigenvalue weighted by Gasteiger charge is -2.32. The van der Waals surface area contributed by atoms with E-state index in [0.29, 0.717) is 12.3 Å². The summed E-state index contributed by atoms with van der Waals surface area (Å²) in [4.78, 5) is 14.3. The Labute approximate surface area is 162 Å². The first-order valence-corrected chi connectivity index (χ1v) is 9.41. The highest BCUT2D eigenvalue weighted by Crippen LogP contribution is 2.39. The number of benzene rings is 1. The fraction of sp³-hybridized carbons (Fsp3) is 0.650. The van der Waals surface area contributed by atoms with Gasteiger partial charge in [0.15, 0.2) is 0 Å². The van der Waals surface area contributed by atoms with Gasteiger partial charge in [-0.15, -0.1) is 0 Å². The average Bonchev–Trinajstić information content (AvgIpc) is 3.02. The summed E-state index contributed by atoms with van der Waals surface area (Å²) in [6.45, 7) is 14.2. The summed E-state index contributed by atoms with van der Waals surface area (Å²) in [6, 6.07) is 3.91.